The van der Waals surface area contributed by atoms with Crippen molar-refractivity contribution < 1.29 is 34.4 Å². The van der Waals surface area contributed by atoms with Gasteiger partial charge in [-0.15, -0.1) is 0 Å². The van der Waals surface area contributed by atoms with E-state index in [1.54, 1.807) is 0 Å². The maximum Gasteiger partial charge on any atom is 0.416 e. The fourth-order valence-corrected chi connectivity index (χ4v) is 4.87. The molecule has 0 aromatic heterocycles. The topological polar surface area (TPSA) is 92.3 Å². The lowest BCUT2D eigenvalue weighted by molar-refractivity contribution is -0.137. The molecule has 3 rings (SSSR count). The van der Waals surface area contributed by atoms with Crippen molar-refractivity contribution >= 4 is 31.4 Å². The zero-order valence-corrected chi connectivity index (χ0v) is 17.9. The summed E-state index contributed by atoms with van der Waals surface area (Å²) in [6.45, 7) is 1.53. The molecule has 0 aliphatic carbocycles. The van der Waals surface area contributed by atoms with Crippen molar-refractivity contribution in [3.63, 3.8) is 0 Å². The number of halogens is 4. The quantitative estimate of drug-likeness (QED) is 0.490. The Bertz CT molecular complexity index is 1360. The van der Waals surface area contributed by atoms with Crippen LogP contribution < -0.4 is 9.44 Å². The number of alkyl halides is 3. The maximum absolute atomic E-state index is 13.1. The minimum atomic E-state index is -4.66. The van der Waals surface area contributed by atoms with Crippen LogP contribution in [0.15, 0.2) is 76.5 Å². The van der Waals surface area contributed by atoms with Gasteiger partial charge < -0.3 is 0 Å². The predicted octanol–water partition coefficient (Wildman–Crippen LogP) is 4.75. The van der Waals surface area contributed by atoms with Gasteiger partial charge in [0.05, 0.1) is 21.0 Å². The Hall–Kier alpha value is -3.12. The van der Waals surface area contributed by atoms with Gasteiger partial charge in [0.25, 0.3) is 20.0 Å². The van der Waals surface area contributed by atoms with E-state index < -0.39 is 37.6 Å². The molecule has 32 heavy (non-hydrogen) atoms. The third-order valence-electron chi connectivity index (χ3n) is 4.33. The number of aryl methyl sites for hydroxylation is 1. The van der Waals surface area contributed by atoms with E-state index in [1.165, 1.54) is 19.1 Å². The Morgan fingerprint density at radius 3 is 1.97 bits per heavy atom. The molecule has 0 aliphatic heterocycles. The number of anilines is 2. The van der Waals surface area contributed by atoms with Crippen molar-refractivity contribution in [2.24, 2.45) is 0 Å². The molecule has 0 fully saturated rings. The molecular weight excluding hydrogens is 472 g/mol. The number of benzene rings is 3. The summed E-state index contributed by atoms with van der Waals surface area (Å²) in [6, 6.07) is 11.2. The Labute approximate surface area is 182 Å². The lowest BCUT2D eigenvalue weighted by Gasteiger charge is -2.14. The monoisotopic (exact) mass is 488 g/mol. The molecule has 170 valence electrons. The van der Waals surface area contributed by atoms with Crippen LogP contribution in [0.2, 0.25) is 0 Å². The summed E-state index contributed by atoms with van der Waals surface area (Å²) in [6.07, 6.45) is -4.66. The van der Waals surface area contributed by atoms with E-state index in [9.17, 15) is 34.4 Å². The van der Waals surface area contributed by atoms with Crippen LogP contribution in [0, 0.1) is 12.7 Å². The molecule has 0 unspecified atom stereocenters. The van der Waals surface area contributed by atoms with Crippen LogP contribution in [0.4, 0.5) is 28.9 Å². The maximum atomic E-state index is 13.1. The zero-order valence-electron chi connectivity index (χ0n) is 16.3. The number of rotatable bonds is 6. The summed E-state index contributed by atoms with van der Waals surface area (Å²) in [7, 11) is -8.50. The Morgan fingerprint density at radius 2 is 1.34 bits per heavy atom. The highest BCUT2D eigenvalue weighted by atomic mass is 32.2. The average Bonchev–Trinajstić information content (AvgIpc) is 2.69. The first-order valence-electron chi connectivity index (χ1n) is 8.87. The van der Waals surface area contributed by atoms with Crippen molar-refractivity contribution in [1.82, 2.24) is 0 Å². The van der Waals surface area contributed by atoms with Crippen LogP contribution in [0.5, 0.6) is 0 Å². The molecule has 0 aliphatic rings. The highest BCUT2D eigenvalue weighted by Gasteiger charge is 2.30. The van der Waals surface area contributed by atoms with Crippen molar-refractivity contribution in [3.05, 3.63) is 83.7 Å². The van der Waals surface area contributed by atoms with Crippen molar-refractivity contribution in [3.8, 4) is 0 Å². The number of hydrogen-bond acceptors (Lipinski definition) is 4. The summed E-state index contributed by atoms with van der Waals surface area (Å²) < 4.78 is 106. The van der Waals surface area contributed by atoms with Gasteiger partial charge in [0, 0.05) is 5.69 Å². The second-order valence-corrected chi connectivity index (χ2v) is 10.1. The van der Waals surface area contributed by atoms with Crippen molar-refractivity contribution in [1.29, 1.82) is 0 Å². The van der Waals surface area contributed by atoms with Gasteiger partial charge in [-0.25, -0.2) is 21.2 Å². The Kier molecular flexibility index (Phi) is 6.20. The second kappa shape index (κ2) is 8.43. The zero-order chi connectivity index (χ0) is 23.7. The predicted molar refractivity (Wildman–Crippen MR) is 111 cm³/mol. The van der Waals surface area contributed by atoms with E-state index in [0.717, 1.165) is 48.5 Å². The van der Waals surface area contributed by atoms with Crippen LogP contribution >= 0.6 is 0 Å². The number of sulfonamides is 2. The van der Waals surface area contributed by atoms with Crippen LogP contribution in [-0.4, -0.2) is 16.8 Å². The number of nitrogens with one attached hydrogen (secondary N) is 2. The molecular formula is C20H16F4N2O4S2. The Balaban J connectivity index is 1.91. The highest BCUT2D eigenvalue weighted by Crippen LogP contribution is 2.31. The first kappa shape index (κ1) is 23.5. The largest absolute Gasteiger partial charge is 0.416 e. The van der Waals surface area contributed by atoms with E-state index in [-0.39, 0.29) is 21.2 Å². The Morgan fingerprint density at radius 1 is 0.750 bits per heavy atom. The smallest absolute Gasteiger partial charge is 0.280 e. The minimum absolute atomic E-state index is 0.0683. The molecule has 0 bridgehead atoms. The van der Waals surface area contributed by atoms with Crippen LogP contribution in [-0.2, 0) is 26.2 Å². The highest BCUT2D eigenvalue weighted by molar-refractivity contribution is 7.93. The van der Waals surface area contributed by atoms with Gasteiger partial charge in [0.2, 0.25) is 0 Å². The summed E-state index contributed by atoms with van der Waals surface area (Å²) in [5.41, 5.74) is -1.03. The van der Waals surface area contributed by atoms with Crippen LogP contribution in [0.25, 0.3) is 0 Å². The van der Waals surface area contributed by atoms with Gasteiger partial charge in [-0.1, -0.05) is 12.1 Å². The molecule has 0 heterocycles. The van der Waals surface area contributed by atoms with Crippen molar-refractivity contribution in [2.75, 3.05) is 9.44 Å². The summed E-state index contributed by atoms with van der Waals surface area (Å²) >= 11 is 0. The molecule has 0 radical (unpaired) electrons. The number of hydrogen-bond donors (Lipinski definition) is 2. The molecule has 0 saturated carbocycles. The lowest BCUT2D eigenvalue weighted by Crippen LogP contribution is -2.16. The molecule has 2 N–H and O–H groups in total. The van der Waals surface area contributed by atoms with Gasteiger partial charge >= 0.3 is 6.18 Å². The molecule has 3 aromatic rings. The van der Waals surface area contributed by atoms with Crippen molar-refractivity contribution in [2.45, 2.75) is 22.9 Å². The molecule has 3 aromatic carbocycles. The standard InChI is InChI=1S/C20H16F4N2O4S2/c1-13-5-8-18(12-19(13)26-31(27,28)17-9-6-15(21)7-10-17)32(29,30)25-16-4-2-3-14(11-16)20(22,23)24/h2-12,25-26H,1H3. The molecule has 6 nitrogen and oxygen atoms in total. The first-order valence-corrected chi connectivity index (χ1v) is 11.8. The van der Waals surface area contributed by atoms with E-state index >= 15 is 0 Å². The molecule has 0 atom stereocenters. The van der Waals surface area contributed by atoms with Gasteiger partial charge in [0.1, 0.15) is 5.82 Å². The molecule has 12 heteroatoms. The third-order valence-corrected chi connectivity index (χ3v) is 7.09. The normalized spacial score (nSPS) is 12.4. The minimum Gasteiger partial charge on any atom is -0.280 e. The van der Waals surface area contributed by atoms with Gasteiger partial charge in [-0.3, -0.25) is 9.44 Å². The molecule has 0 amide bonds. The van der Waals surface area contributed by atoms with E-state index in [1.807, 2.05) is 4.72 Å². The molecule has 0 saturated heterocycles. The lowest BCUT2D eigenvalue weighted by atomic mass is 10.2. The van der Waals surface area contributed by atoms with E-state index in [4.69, 9.17) is 0 Å². The third kappa shape index (κ3) is 5.37. The molecule has 0 spiro atoms. The van der Waals surface area contributed by atoms with Gasteiger partial charge in [0.15, 0.2) is 0 Å². The van der Waals surface area contributed by atoms with Gasteiger partial charge in [-0.2, -0.15) is 13.2 Å². The fraction of sp³-hybridized carbons (Fsp3) is 0.100. The average molecular weight is 488 g/mol. The van der Waals surface area contributed by atoms with Crippen LogP contribution in [0.1, 0.15) is 11.1 Å². The fourth-order valence-electron chi connectivity index (χ4n) is 2.67. The van der Waals surface area contributed by atoms with E-state index in [0.29, 0.717) is 11.6 Å². The second-order valence-electron chi connectivity index (χ2n) is 6.72. The summed E-state index contributed by atoms with van der Waals surface area (Å²) in [4.78, 5) is -0.619. The first-order chi connectivity index (χ1) is 14.8. The summed E-state index contributed by atoms with van der Waals surface area (Å²) in [5.74, 6) is -0.631. The SMILES string of the molecule is Cc1ccc(S(=O)(=O)Nc2cccc(C(F)(F)F)c2)cc1NS(=O)(=O)c1ccc(F)cc1. The van der Waals surface area contributed by atoms with E-state index in [2.05, 4.69) is 4.72 Å². The van der Waals surface area contributed by atoms with Crippen LogP contribution in [0.3, 0.4) is 0 Å². The summed E-state index contributed by atoms with van der Waals surface area (Å²) in [5, 5.41) is 0. The van der Waals surface area contributed by atoms with Gasteiger partial charge in [-0.05, 0) is 67.1 Å².